The number of hydrogen-bond donors (Lipinski definition) is 2. The van der Waals surface area contributed by atoms with Gasteiger partial charge in [-0.2, -0.15) is 0 Å². The molecule has 0 saturated heterocycles. The second kappa shape index (κ2) is 3.02. The second-order valence-corrected chi connectivity index (χ2v) is 2.95. The third-order valence-corrected chi connectivity index (χ3v) is 1.98. The molecule has 0 bridgehead atoms. The lowest BCUT2D eigenvalue weighted by Gasteiger charge is -1.97. The van der Waals surface area contributed by atoms with Crippen LogP contribution in [0.2, 0.25) is 0 Å². The van der Waals surface area contributed by atoms with Crippen molar-refractivity contribution in [3.8, 4) is 11.5 Å². The maximum Gasteiger partial charge on any atom is 0.352 e. The van der Waals surface area contributed by atoms with E-state index in [0.717, 1.165) is 5.82 Å². The molecule has 0 unspecified atom stereocenters. The molecular weight excluding hydrogens is 182 g/mol. The molecule has 2 N–H and O–H groups in total. The van der Waals surface area contributed by atoms with Gasteiger partial charge in [-0.05, 0) is 12.1 Å². The second-order valence-electron chi connectivity index (χ2n) is 2.95. The SMILES string of the molecule is Cn1ccnc1-c1ccc(C(=O)O)[nH]1. The van der Waals surface area contributed by atoms with Gasteiger partial charge < -0.3 is 14.7 Å². The predicted molar refractivity (Wildman–Crippen MR) is 50.0 cm³/mol. The molecule has 0 aliphatic heterocycles. The number of nitrogens with one attached hydrogen (secondary N) is 1. The van der Waals surface area contributed by atoms with Crippen LogP contribution in [0.3, 0.4) is 0 Å². The minimum absolute atomic E-state index is 0.169. The molecule has 5 nitrogen and oxygen atoms in total. The molecule has 2 rings (SSSR count). The van der Waals surface area contributed by atoms with Crippen molar-refractivity contribution in [1.82, 2.24) is 14.5 Å². The quantitative estimate of drug-likeness (QED) is 0.747. The van der Waals surface area contributed by atoms with Crippen molar-refractivity contribution >= 4 is 5.97 Å². The number of hydrogen-bond acceptors (Lipinski definition) is 2. The van der Waals surface area contributed by atoms with Crippen molar-refractivity contribution in [2.45, 2.75) is 0 Å². The fourth-order valence-corrected chi connectivity index (χ4v) is 1.28. The summed E-state index contributed by atoms with van der Waals surface area (Å²) in [6, 6.07) is 3.22. The van der Waals surface area contributed by atoms with Crippen LogP contribution in [0.5, 0.6) is 0 Å². The number of carboxylic acids is 1. The maximum absolute atomic E-state index is 10.6. The van der Waals surface area contributed by atoms with Crippen LogP contribution >= 0.6 is 0 Å². The van der Waals surface area contributed by atoms with E-state index in [-0.39, 0.29) is 5.69 Å². The molecule has 2 aromatic heterocycles. The van der Waals surface area contributed by atoms with Gasteiger partial charge in [-0.1, -0.05) is 0 Å². The minimum Gasteiger partial charge on any atom is -0.477 e. The van der Waals surface area contributed by atoms with Gasteiger partial charge in [0.1, 0.15) is 5.69 Å². The molecule has 2 aromatic rings. The van der Waals surface area contributed by atoms with Crippen molar-refractivity contribution in [2.75, 3.05) is 0 Å². The van der Waals surface area contributed by atoms with Crippen molar-refractivity contribution in [2.24, 2.45) is 7.05 Å². The highest BCUT2D eigenvalue weighted by molar-refractivity contribution is 5.86. The molecule has 2 heterocycles. The molecule has 0 aromatic carbocycles. The summed E-state index contributed by atoms with van der Waals surface area (Å²) in [7, 11) is 1.85. The van der Waals surface area contributed by atoms with Crippen LogP contribution in [0.4, 0.5) is 0 Å². The Balaban J connectivity index is 2.43. The number of aryl methyl sites for hydroxylation is 1. The Labute approximate surface area is 80.0 Å². The number of aromatic nitrogens is 3. The van der Waals surface area contributed by atoms with Crippen molar-refractivity contribution in [3.05, 3.63) is 30.2 Å². The molecule has 72 valence electrons. The van der Waals surface area contributed by atoms with Crippen LogP contribution in [-0.4, -0.2) is 25.6 Å². The van der Waals surface area contributed by atoms with Gasteiger partial charge in [-0.25, -0.2) is 9.78 Å². The van der Waals surface area contributed by atoms with Gasteiger partial charge in [0.05, 0.1) is 5.69 Å². The molecule has 14 heavy (non-hydrogen) atoms. The first kappa shape index (κ1) is 8.55. The van der Waals surface area contributed by atoms with E-state index >= 15 is 0 Å². The predicted octanol–water partition coefficient (Wildman–Crippen LogP) is 1.11. The van der Waals surface area contributed by atoms with Crippen molar-refractivity contribution < 1.29 is 9.90 Å². The normalized spacial score (nSPS) is 10.4. The lowest BCUT2D eigenvalue weighted by atomic mass is 10.4. The van der Waals surface area contributed by atoms with Crippen molar-refractivity contribution in [1.29, 1.82) is 0 Å². The standard InChI is InChI=1S/C9H9N3O2/c1-12-5-4-10-8(12)6-2-3-7(11-6)9(13)14/h2-5,11H,1H3,(H,13,14). The lowest BCUT2D eigenvalue weighted by molar-refractivity contribution is 0.0691. The summed E-state index contributed by atoms with van der Waals surface area (Å²) in [5.41, 5.74) is 0.873. The van der Waals surface area contributed by atoms with Crippen LogP contribution < -0.4 is 0 Å². The van der Waals surface area contributed by atoms with E-state index < -0.39 is 5.97 Å². The van der Waals surface area contributed by atoms with E-state index in [1.165, 1.54) is 6.07 Å². The Morgan fingerprint density at radius 2 is 2.36 bits per heavy atom. The first-order valence-corrected chi connectivity index (χ1v) is 4.08. The molecule has 0 aliphatic rings. The van der Waals surface area contributed by atoms with Gasteiger partial charge in [-0.15, -0.1) is 0 Å². The van der Waals surface area contributed by atoms with Crippen LogP contribution in [0, 0.1) is 0 Å². The number of nitrogens with zero attached hydrogens (tertiary/aromatic N) is 2. The van der Waals surface area contributed by atoms with E-state index in [1.807, 2.05) is 11.6 Å². The zero-order chi connectivity index (χ0) is 10.1. The van der Waals surface area contributed by atoms with Crippen molar-refractivity contribution in [3.63, 3.8) is 0 Å². The summed E-state index contributed by atoms with van der Waals surface area (Å²) < 4.78 is 1.82. The first-order valence-electron chi connectivity index (χ1n) is 4.08. The van der Waals surface area contributed by atoms with E-state index in [4.69, 9.17) is 5.11 Å². The summed E-state index contributed by atoms with van der Waals surface area (Å²) >= 11 is 0. The number of carboxylic acid groups (broad SMARTS) is 1. The zero-order valence-corrected chi connectivity index (χ0v) is 7.56. The molecule has 0 aliphatic carbocycles. The minimum atomic E-state index is -0.967. The number of rotatable bonds is 2. The van der Waals surface area contributed by atoms with Gasteiger partial charge in [0.15, 0.2) is 5.82 Å². The summed E-state index contributed by atoms with van der Waals surface area (Å²) in [5.74, 6) is -0.247. The molecule has 0 fully saturated rings. The van der Waals surface area contributed by atoms with Gasteiger partial charge in [0.25, 0.3) is 0 Å². The third-order valence-electron chi connectivity index (χ3n) is 1.98. The van der Waals surface area contributed by atoms with E-state index in [0.29, 0.717) is 5.69 Å². The Morgan fingerprint density at radius 3 is 2.86 bits per heavy atom. The van der Waals surface area contributed by atoms with Gasteiger partial charge in [-0.3, -0.25) is 0 Å². The number of aromatic carboxylic acids is 1. The Morgan fingerprint density at radius 1 is 1.57 bits per heavy atom. The summed E-state index contributed by atoms with van der Waals surface area (Å²) in [6.45, 7) is 0. The monoisotopic (exact) mass is 191 g/mol. The molecular formula is C9H9N3O2. The highest BCUT2D eigenvalue weighted by atomic mass is 16.4. The summed E-state index contributed by atoms with van der Waals surface area (Å²) in [4.78, 5) is 17.5. The van der Waals surface area contributed by atoms with Crippen LogP contribution in [0.15, 0.2) is 24.5 Å². The Bertz CT molecular complexity index is 470. The maximum atomic E-state index is 10.6. The van der Waals surface area contributed by atoms with Crippen LogP contribution in [0.1, 0.15) is 10.5 Å². The first-order chi connectivity index (χ1) is 6.68. The Kier molecular flexibility index (Phi) is 1.85. The highest BCUT2D eigenvalue weighted by Gasteiger charge is 2.09. The van der Waals surface area contributed by atoms with E-state index in [1.54, 1.807) is 18.5 Å². The topological polar surface area (TPSA) is 70.9 Å². The molecule has 0 amide bonds. The number of H-pyrrole nitrogens is 1. The molecule has 0 saturated carbocycles. The molecule has 5 heteroatoms. The molecule has 0 spiro atoms. The smallest absolute Gasteiger partial charge is 0.352 e. The number of aromatic amines is 1. The van der Waals surface area contributed by atoms with Crippen LogP contribution in [-0.2, 0) is 7.05 Å². The lowest BCUT2D eigenvalue weighted by Crippen LogP contribution is -1.97. The third kappa shape index (κ3) is 1.28. The fraction of sp³-hybridized carbons (Fsp3) is 0.111. The highest BCUT2D eigenvalue weighted by Crippen LogP contribution is 2.15. The average molecular weight is 191 g/mol. The molecule has 0 radical (unpaired) electrons. The van der Waals surface area contributed by atoms with Gasteiger partial charge in [0, 0.05) is 19.4 Å². The Hall–Kier alpha value is -2.04. The zero-order valence-electron chi connectivity index (χ0n) is 7.56. The van der Waals surface area contributed by atoms with Gasteiger partial charge in [0.2, 0.25) is 0 Å². The molecule has 0 atom stereocenters. The number of imidazole rings is 1. The average Bonchev–Trinajstić information content (AvgIpc) is 2.71. The van der Waals surface area contributed by atoms with E-state index in [2.05, 4.69) is 9.97 Å². The van der Waals surface area contributed by atoms with Crippen LogP contribution in [0.25, 0.3) is 11.5 Å². The van der Waals surface area contributed by atoms with Gasteiger partial charge >= 0.3 is 5.97 Å². The number of carbonyl (C=O) groups is 1. The van der Waals surface area contributed by atoms with E-state index in [9.17, 15) is 4.79 Å². The summed E-state index contributed by atoms with van der Waals surface area (Å²) in [5, 5.41) is 8.71. The summed E-state index contributed by atoms with van der Waals surface area (Å²) in [6.07, 6.45) is 3.47. The fourth-order valence-electron chi connectivity index (χ4n) is 1.28. The largest absolute Gasteiger partial charge is 0.477 e.